The summed E-state index contributed by atoms with van der Waals surface area (Å²) in [5.41, 5.74) is 3.74. The molecule has 24 heavy (non-hydrogen) atoms. The SMILES string of the molecule is Cc1nc(N2CCCC2)c2ccc(-c3cccc(C#N)c3)cc2n1. The van der Waals surface area contributed by atoms with E-state index in [1.807, 2.05) is 31.2 Å². The summed E-state index contributed by atoms with van der Waals surface area (Å²) >= 11 is 0. The molecule has 0 aliphatic carbocycles. The lowest BCUT2D eigenvalue weighted by Gasteiger charge is -2.19. The van der Waals surface area contributed by atoms with Gasteiger partial charge in [0.15, 0.2) is 0 Å². The average Bonchev–Trinajstić information content (AvgIpc) is 3.15. The summed E-state index contributed by atoms with van der Waals surface area (Å²) in [5.74, 6) is 1.85. The zero-order valence-corrected chi connectivity index (χ0v) is 13.7. The molecular formula is C20H18N4. The molecular weight excluding hydrogens is 296 g/mol. The number of anilines is 1. The molecule has 0 atom stereocenters. The highest BCUT2D eigenvalue weighted by molar-refractivity contribution is 5.92. The van der Waals surface area contributed by atoms with Crippen LogP contribution in [0.5, 0.6) is 0 Å². The van der Waals surface area contributed by atoms with Crippen molar-refractivity contribution < 1.29 is 0 Å². The predicted molar refractivity (Wildman–Crippen MR) is 95.9 cm³/mol. The fourth-order valence-corrected chi connectivity index (χ4v) is 3.34. The molecule has 1 fully saturated rings. The number of aryl methyl sites for hydroxylation is 1. The van der Waals surface area contributed by atoms with E-state index in [1.54, 1.807) is 0 Å². The van der Waals surface area contributed by atoms with Crippen molar-refractivity contribution in [3.8, 4) is 17.2 Å². The Bertz CT molecular complexity index is 950. The minimum absolute atomic E-state index is 0.671. The Labute approximate surface area is 141 Å². The quantitative estimate of drug-likeness (QED) is 0.715. The minimum Gasteiger partial charge on any atom is -0.356 e. The molecule has 4 heteroatoms. The first-order valence-corrected chi connectivity index (χ1v) is 8.28. The van der Waals surface area contributed by atoms with Crippen LogP contribution in [0.2, 0.25) is 0 Å². The maximum atomic E-state index is 9.10. The second-order valence-corrected chi connectivity index (χ2v) is 6.21. The van der Waals surface area contributed by atoms with Crippen molar-refractivity contribution >= 4 is 16.7 Å². The number of rotatable bonds is 2. The molecule has 4 rings (SSSR count). The number of nitrogens with zero attached hydrogens (tertiary/aromatic N) is 4. The van der Waals surface area contributed by atoms with Crippen molar-refractivity contribution in [1.82, 2.24) is 9.97 Å². The zero-order chi connectivity index (χ0) is 16.5. The number of hydrogen-bond donors (Lipinski definition) is 0. The molecule has 4 nitrogen and oxygen atoms in total. The Kier molecular flexibility index (Phi) is 3.62. The van der Waals surface area contributed by atoms with E-state index in [-0.39, 0.29) is 0 Å². The van der Waals surface area contributed by atoms with E-state index in [0.29, 0.717) is 5.56 Å². The summed E-state index contributed by atoms with van der Waals surface area (Å²) in [5, 5.41) is 10.2. The number of aromatic nitrogens is 2. The maximum Gasteiger partial charge on any atom is 0.140 e. The third-order valence-electron chi connectivity index (χ3n) is 4.52. The molecule has 0 N–H and O–H groups in total. The average molecular weight is 314 g/mol. The van der Waals surface area contributed by atoms with Crippen molar-refractivity contribution in [3.05, 3.63) is 53.9 Å². The number of hydrogen-bond acceptors (Lipinski definition) is 4. The molecule has 0 saturated carbocycles. The van der Waals surface area contributed by atoms with Gasteiger partial charge in [-0.05, 0) is 55.2 Å². The molecule has 3 aromatic rings. The Morgan fingerprint density at radius 3 is 2.58 bits per heavy atom. The lowest BCUT2D eigenvalue weighted by Crippen LogP contribution is -2.20. The van der Waals surface area contributed by atoms with Gasteiger partial charge in [-0.25, -0.2) is 9.97 Å². The van der Waals surface area contributed by atoms with Crippen LogP contribution in [0.4, 0.5) is 5.82 Å². The van der Waals surface area contributed by atoms with Gasteiger partial charge < -0.3 is 4.90 Å². The lowest BCUT2D eigenvalue weighted by molar-refractivity contribution is 0.925. The summed E-state index contributed by atoms with van der Waals surface area (Å²) in [4.78, 5) is 11.7. The number of fused-ring (bicyclic) bond motifs is 1. The van der Waals surface area contributed by atoms with Gasteiger partial charge in [-0.2, -0.15) is 5.26 Å². The topological polar surface area (TPSA) is 52.8 Å². The first kappa shape index (κ1) is 14.6. The van der Waals surface area contributed by atoms with Gasteiger partial charge in [0.25, 0.3) is 0 Å². The van der Waals surface area contributed by atoms with Gasteiger partial charge >= 0.3 is 0 Å². The lowest BCUT2D eigenvalue weighted by atomic mass is 10.0. The molecule has 1 aliphatic heterocycles. The third kappa shape index (κ3) is 2.59. The Morgan fingerprint density at radius 1 is 1.00 bits per heavy atom. The van der Waals surface area contributed by atoms with Crippen molar-refractivity contribution in [2.45, 2.75) is 19.8 Å². The normalized spacial score (nSPS) is 14.1. The van der Waals surface area contributed by atoms with Crippen LogP contribution < -0.4 is 4.90 Å². The van der Waals surface area contributed by atoms with Gasteiger partial charge in [0.05, 0.1) is 17.1 Å². The molecule has 1 aliphatic rings. The van der Waals surface area contributed by atoms with E-state index >= 15 is 0 Å². The van der Waals surface area contributed by atoms with Crippen molar-refractivity contribution in [1.29, 1.82) is 5.26 Å². The van der Waals surface area contributed by atoms with Gasteiger partial charge in [0.2, 0.25) is 0 Å². The van der Waals surface area contributed by atoms with E-state index in [4.69, 9.17) is 5.26 Å². The maximum absolute atomic E-state index is 9.10. The molecule has 1 saturated heterocycles. The highest BCUT2D eigenvalue weighted by Gasteiger charge is 2.17. The molecule has 118 valence electrons. The van der Waals surface area contributed by atoms with E-state index in [1.165, 1.54) is 12.8 Å². The molecule has 0 amide bonds. The Morgan fingerprint density at radius 2 is 1.79 bits per heavy atom. The smallest absolute Gasteiger partial charge is 0.140 e. The minimum atomic E-state index is 0.671. The van der Waals surface area contributed by atoms with Gasteiger partial charge in [0, 0.05) is 18.5 Å². The van der Waals surface area contributed by atoms with E-state index in [2.05, 4.69) is 39.1 Å². The van der Waals surface area contributed by atoms with Gasteiger partial charge in [0.1, 0.15) is 11.6 Å². The van der Waals surface area contributed by atoms with E-state index in [0.717, 1.165) is 46.8 Å². The first-order valence-electron chi connectivity index (χ1n) is 8.28. The number of benzene rings is 2. The molecule has 0 spiro atoms. The molecule has 2 heterocycles. The van der Waals surface area contributed by atoms with Crippen LogP contribution in [0.15, 0.2) is 42.5 Å². The largest absolute Gasteiger partial charge is 0.356 e. The summed E-state index contributed by atoms with van der Waals surface area (Å²) in [6.07, 6.45) is 2.45. The van der Waals surface area contributed by atoms with Crippen molar-refractivity contribution in [2.24, 2.45) is 0 Å². The number of nitriles is 1. The van der Waals surface area contributed by atoms with Crippen LogP contribution in [0, 0.1) is 18.3 Å². The van der Waals surface area contributed by atoms with Crippen molar-refractivity contribution in [3.63, 3.8) is 0 Å². The van der Waals surface area contributed by atoms with Crippen LogP contribution >= 0.6 is 0 Å². The Hall–Kier alpha value is -2.93. The predicted octanol–water partition coefficient (Wildman–Crippen LogP) is 4.08. The fraction of sp³-hybridized carbons (Fsp3) is 0.250. The van der Waals surface area contributed by atoms with Crippen molar-refractivity contribution in [2.75, 3.05) is 18.0 Å². The van der Waals surface area contributed by atoms with E-state index < -0.39 is 0 Å². The van der Waals surface area contributed by atoms with Crippen LogP contribution in [0.1, 0.15) is 24.2 Å². The highest BCUT2D eigenvalue weighted by atomic mass is 15.2. The summed E-state index contributed by atoms with van der Waals surface area (Å²) in [6, 6.07) is 16.2. The summed E-state index contributed by atoms with van der Waals surface area (Å²) in [6.45, 7) is 4.08. The van der Waals surface area contributed by atoms with Gasteiger partial charge in [-0.15, -0.1) is 0 Å². The summed E-state index contributed by atoms with van der Waals surface area (Å²) < 4.78 is 0. The second-order valence-electron chi connectivity index (χ2n) is 6.21. The van der Waals surface area contributed by atoms with Crippen LogP contribution in [-0.4, -0.2) is 23.1 Å². The standard InChI is InChI=1S/C20H18N4/c1-14-22-19-12-17(16-6-4-5-15(11-16)13-21)7-8-18(19)20(23-14)24-9-2-3-10-24/h4-8,11-12H,2-3,9-10H2,1H3. The molecule has 0 unspecified atom stereocenters. The Balaban J connectivity index is 1.85. The van der Waals surface area contributed by atoms with Gasteiger partial charge in [-0.1, -0.05) is 18.2 Å². The molecule has 1 aromatic heterocycles. The third-order valence-corrected chi connectivity index (χ3v) is 4.52. The van der Waals surface area contributed by atoms with Crippen LogP contribution in [-0.2, 0) is 0 Å². The second kappa shape index (κ2) is 5.93. The highest BCUT2D eigenvalue weighted by Crippen LogP contribution is 2.30. The van der Waals surface area contributed by atoms with E-state index in [9.17, 15) is 0 Å². The first-order chi connectivity index (χ1) is 11.7. The van der Waals surface area contributed by atoms with Crippen LogP contribution in [0.3, 0.4) is 0 Å². The fourth-order valence-electron chi connectivity index (χ4n) is 3.34. The monoisotopic (exact) mass is 314 g/mol. The summed E-state index contributed by atoms with van der Waals surface area (Å²) in [7, 11) is 0. The molecule has 0 radical (unpaired) electrons. The van der Waals surface area contributed by atoms with Crippen LogP contribution in [0.25, 0.3) is 22.0 Å². The van der Waals surface area contributed by atoms with Gasteiger partial charge in [-0.3, -0.25) is 0 Å². The zero-order valence-electron chi connectivity index (χ0n) is 13.7. The molecule has 0 bridgehead atoms. The molecule has 2 aromatic carbocycles.